The number of amides is 2. The topological polar surface area (TPSA) is 98.7 Å². The van der Waals surface area contributed by atoms with Crippen LogP contribution in [0.5, 0.6) is 0 Å². The third-order valence-electron chi connectivity index (χ3n) is 3.49. The number of anilines is 1. The molecule has 21 heavy (non-hydrogen) atoms. The first-order chi connectivity index (χ1) is 9.95. The molecule has 4 N–H and O–H groups in total. The molecule has 2 rings (SSSR count). The van der Waals surface area contributed by atoms with Crippen molar-refractivity contribution in [2.75, 3.05) is 5.32 Å². The Balaban J connectivity index is 1.91. The zero-order chi connectivity index (χ0) is 15.4. The van der Waals surface area contributed by atoms with Crippen LogP contribution in [-0.4, -0.2) is 34.4 Å². The van der Waals surface area contributed by atoms with Crippen molar-refractivity contribution in [3.8, 4) is 0 Å². The number of hydrogen-bond acceptors (Lipinski definition) is 3. The molecule has 1 saturated carbocycles. The standard InChI is InChI=1S/C14H17FN2O4/c15-12-7-9(3-6-11(12)13(19)20)17-14(21)16-8-1-4-10(18)5-2-8/h3,6-8,10,18H,1-2,4-5H2,(H,19,20)(H2,16,17,21). The Hall–Kier alpha value is -2.15. The van der Waals surface area contributed by atoms with E-state index in [0.29, 0.717) is 25.7 Å². The lowest BCUT2D eigenvalue weighted by molar-refractivity contribution is 0.0692. The number of carbonyl (C=O) groups excluding carboxylic acids is 1. The lowest BCUT2D eigenvalue weighted by Crippen LogP contribution is -2.40. The molecular formula is C14H17FN2O4. The Kier molecular flexibility index (Phi) is 4.74. The molecule has 0 spiro atoms. The molecule has 0 heterocycles. The summed E-state index contributed by atoms with van der Waals surface area (Å²) in [5.41, 5.74) is -0.256. The average molecular weight is 296 g/mol. The van der Waals surface area contributed by atoms with Crippen LogP contribution < -0.4 is 10.6 Å². The van der Waals surface area contributed by atoms with Crippen LogP contribution in [0.1, 0.15) is 36.0 Å². The maximum Gasteiger partial charge on any atom is 0.338 e. The molecular weight excluding hydrogens is 279 g/mol. The van der Waals surface area contributed by atoms with Gasteiger partial charge >= 0.3 is 12.0 Å². The predicted molar refractivity (Wildman–Crippen MR) is 73.8 cm³/mol. The van der Waals surface area contributed by atoms with E-state index in [1.807, 2.05) is 0 Å². The van der Waals surface area contributed by atoms with Crippen LogP contribution in [0.15, 0.2) is 18.2 Å². The number of nitrogens with one attached hydrogen (secondary N) is 2. The third kappa shape index (κ3) is 4.16. The van der Waals surface area contributed by atoms with E-state index in [9.17, 15) is 19.1 Å². The minimum Gasteiger partial charge on any atom is -0.478 e. The van der Waals surface area contributed by atoms with Gasteiger partial charge in [-0.3, -0.25) is 0 Å². The Labute approximate surface area is 121 Å². The van der Waals surface area contributed by atoms with Crippen molar-refractivity contribution in [1.82, 2.24) is 5.32 Å². The zero-order valence-corrected chi connectivity index (χ0v) is 11.3. The first kappa shape index (κ1) is 15.2. The van der Waals surface area contributed by atoms with E-state index in [0.717, 1.165) is 12.1 Å². The molecule has 0 unspecified atom stereocenters. The normalized spacial score (nSPS) is 21.6. The number of carbonyl (C=O) groups is 2. The highest BCUT2D eigenvalue weighted by molar-refractivity contribution is 5.91. The molecule has 7 heteroatoms. The number of carboxylic acids is 1. The van der Waals surface area contributed by atoms with Crippen molar-refractivity contribution in [2.24, 2.45) is 0 Å². The number of aliphatic hydroxyl groups excluding tert-OH is 1. The first-order valence-corrected chi connectivity index (χ1v) is 6.74. The highest BCUT2D eigenvalue weighted by Crippen LogP contribution is 2.19. The first-order valence-electron chi connectivity index (χ1n) is 6.74. The zero-order valence-electron chi connectivity index (χ0n) is 11.3. The van der Waals surface area contributed by atoms with Gasteiger partial charge in [0.15, 0.2) is 0 Å². The lowest BCUT2D eigenvalue weighted by atomic mass is 9.93. The van der Waals surface area contributed by atoms with Crippen LogP contribution in [0, 0.1) is 5.82 Å². The summed E-state index contributed by atoms with van der Waals surface area (Å²) in [4.78, 5) is 22.5. The van der Waals surface area contributed by atoms with Crippen molar-refractivity contribution in [3.05, 3.63) is 29.6 Å². The Morgan fingerprint density at radius 3 is 2.43 bits per heavy atom. The van der Waals surface area contributed by atoms with Crippen molar-refractivity contribution < 1.29 is 24.2 Å². The number of carboxylic acid groups (broad SMARTS) is 1. The van der Waals surface area contributed by atoms with E-state index in [2.05, 4.69) is 10.6 Å². The number of halogens is 1. The van der Waals surface area contributed by atoms with E-state index in [4.69, 9.17) is 5.11 Å². The molecule has 0 aromatic heterocycles. The van der Waals surface area contributed by atoms with E-state index < -0.39 is 23.4 Å². The van der Waals surface area contributed by atoms with Gasteiger partial charge in [0.05, 0.1) is 11.7 Å². The number of urea groups is 1. The second-order valence-corrected chi connectivity index (χ2v) is 5.10. The fourth-order valence-corrected chi connectivity index (χ4v) is 2.34. The second kappa shape index (κ2) is 6.53. The largest absolute Gasteiger partial charge is 0.478 e. The number of aliphatic hydroxyl groups is 1. The summed E-state index contributed by atoms with van der Waals surface area (Å²) in [6.45, 7) is 0. The van der Waals surface area contributed by atoms with E-state index in [1.165, 1.54) is 6.07 Å². The monoisotopic (exact) mass is 296 g/mol. The van der Waals surface area contributed by atoms with Crippen LogP contribution in [-0.2, 0) is 0 Å². The van der Waals surface area contributed by atoms with E-state index in [-0.39, 0.29) is 17.8 Å². The minimum atomic E-state index is -1.36. The van der Waals surface area contributed by atoms with Gasteiger partial charge in [-0.15, -0.1) is 0 Å². The third-order valence-corrected chi connectivity index (χ3v) is 3.49. The van der Waals surface area contributed by atoms with Crippen molar-refractivity contribution in [3.63, 3.8) is 0 Å². The minimum absolute atomic E-state index is 0.0171. The summed E-state index contributed by atoms with van der Waals surface area (Å²) in [6.07, 6.45) is 2.38. The molecule has 1 aliphatic rings. The van der Waals surface area contributed by atoms with Crippen molar-refractivity contribution >= 4 is 17.7 Å². The Morgan fingerprint density at radius 2 is 1.86 bits per heavy atom. The van der Waals surface area contributed by atoms with E-state index in [1.54, 1.807) is 0 Å². The van der Waals surface area contributed by atoms with Gasteiger partial charge in [-0.05, 0) is 43.9 Å². The van der Waals surface area contributed by atoms with Gasteiger partial charge in [0.25, 0.3) is 0 Å². The Bertz CT molecular complexity index is 542. The van der Waals surface area contributed by atoms with Crippen LogP contribution in [0.2, 0.25) is 0 Å². The molecule has 1 fully saturated rings. The summed E-state index contributed by atoms with van der Waals surface area (Å²) in [7, 11) is 0. The maximum atomic E-state index is 13.5. The van der Waals surface area contributed by atoms with E-state index >= 15 is 0 Å². The molecule has 0 atom stereocenters. The SMILES string of the molecule is O=C(Nc1ccc(C(=O)O)c(F)c1)NC1CCC(O)CC1. The van der Waals surface area contributed by atoms with Crippen LogP contribution in [0.3, 0.4) is 0 Å². The number of aromatic carboxylic acids is 1. The fraction of sp³-hybridized carbons (Fsp3) is 0.429. The lowest BCUT2D eigenvalue weighted by Gasteiger charge is -2.26. The van der Waals surface area contributed by atoms with Crippen molar-refractivity contribution in [2.45, 2.75) is 37.8 Å². The Morgan fingerprint density at radius 1 is 1.19 bits per heavy atom. The molecule has 0 saturated heterocycles. The van der Waals surface area contributed by atoms with Crippen LogP contribution in [0.25, 0.3) is 0 Å². The average Bonchev–Trinajstić information content (AvgIpc) is 2.41. The summed E-state index contributed by atoms with van der Waals surface area (Å²) in [5.74, 6) is -2.26. The van der Waals surface area contributed by atoms with Crippen LogP contribution in [0.4, 0.5) is 14.9 Å². The van der Waals surface area contributed by atoms with Gasteiger partial charge in [0.1, 0.15) is 5.82 Å². The second-order valence-electron chi connectivity index (χ2n) is 5.10. The predicted octanol–water partition coefficient (Wildman–Crippen LogP) is 1.95. The summed E-state index contributed by atoms with van der Waals surface area (Å²) in [5, 5.41) is 23.3. The van der Waals surface area contributed by atoms with Crippen molar-refractivity contribution in [1.29, 1.82) is 0 Å². The summed E-state index contributed by atoms with van der Waals surface area (Å²) < 4.78 is 13.5. The highest BCUT2D eigenvalue weighted by Gasteiger charge is 2.21. The molecule has 0 radical (unpaired) electrons. The molecule has 6 nitrogen and oxygen atoms in total. The van der Waals surface area contributed by atoms with Gasteiger partial charge in [0.2, 0.25) is 0 Å². The summed E-state index contributed by atoms with van der Waals surface area (Å²) in [6, 6.07) is 2.91. The molecule has 114 valence electrons. The molecule has 2 amide bonds. The molecule has 1 aromatic carbocycles. The molecule has 1 aromatic rings. The number of benzene rings is 1. The van der Waals surface area contributed by atoms with Gasteiger partial charge < -0.3 is 20.8 Å². The molecule has 0 bridgehead atoms. The number of hydrogen-bond donors (Lipinski definition) is 4. The van der Waals surface area contributed by atoms with Gasteiger partial charge in [0, 0.05) is 11.7 Å². The quantitative estimate of drug-likeness (QED) is 0.685. The molecule has 1 aliphatic carbocycles. The van der Waals surface area contributed by atoms with Crippen LogP contribution >= 0.6 is 0 Å². The van der Waals surface area contributed by atoms with Gasteiger partial charge in [-0.25, -0.2) is 14.0 Å². The summed E-state index contributed by atoms with van der Waals surface area (Å²) >= 11 is 0. The fourth-order valence-electron chi connectivity index (χ4n) is 2.34. The smallest absolute Gasteiger partial charge is 0.338 e. The number of rotatable bonds is 3. The van der Waals surface area contributed by atoms with Gasteiger partial charge in [-0.1, -0.05) is 0 Å². The van der Waals surface area contributed by atoms with Gasteiger partial charge in [-0.2, -0.15) is 0 Å². The molecule has 0 aliphatic heterocycles. The maximum absolute atomic E-state index is 13.5. The highest BCUT2D eigenvalue weighted by atomic mass is 19.1.